The van der Waals surface area contributed by atoms with Crippen LogP contribution < -0.4 is 14.8 Å². The maximum atomic E-state index is 15.6. The summed E-state index contributed by atoms with van der Waals surface area (Å²) in [6, 6.07) is 7.68. The van der Waals surface area contributed by atoms with Crippen LogP contribution in [0.2, 0.25) is 0 Å². The number of hydrogen-bond acceptors (Lipinski definition) is 7. The first-order chi connectivity index (χ1) is 18.4. The van der Waals surface area contributed by atoms with E-state index in [1.54, 1.807) is 42.7 Å². The van der Waals surface area contributed by atoms with Crippen molar-refractivity contribution in [1.29, 1.82) is 0 Å². The van der Waals surface area contributed by atoms with Crippen molar-refractivity contribution in [2.75, 3.05) is 32.8 Å². The number of nitrogens with one attached hydrogen (secondary N) is 1. The third-order valence-corrected chi connectivity index (χ3v) is 7.80. The first-order valence-electron chi connectivity index (χ1n) is 13.1. The molecule has 6 rings (SSSR count). The van der Waals surface area contributed by atoms with Gasteiger partial charge in [-0.3, -0.25) is 14.8 Å². The van der Waals surface area contributed by atoms with Gasteiger partial charge in [-0.1, -0.05) is 6.07 Å². The topological polar surface area (TPSA) is 96.8 Å². The predicted molar refractivity (Wildman–Crippen MR) is 135 cm³/mol. The van der Waals surface area contributed by atoms with Gasteiger partial charge in [-0.2, -0.15) is 8.78 Å². The van der Waals surface area contributed by atoms with Gasteiger partial charge >= 0.3 is 5.92 Å². The number of alkyl halides is 2. The van der Waals surface area contributed by atoms with Crippen LogP contribution in [0.15, 0.2) is 42.7 Å². The summed E-state index contributed by atoms with van der Waals surface area (Å²) in [5.74, 6) is -5.12. The Morgan fingerprint density at radius 1 is 1.03 bits per heavy atom. The molecule has 1 amide bonds. The minimum absolute atomic E-state index is 0.0732. The molecule has 1 aliphatic carbocycles. The van der Waals surface area contributed by atoms with Crippen molar-refractivity contribution in [3.8, 4) is 11.5 Å². The molecule has 200 valence electrons. The molecule has 3 aliphatic rings. The van der Waals surface area contributed by atoms with Gasteiger partial charge in [0.2, 0.25) is 0 Å². The van der Waals surface area contributed by atoms with Gasteiger partial charge in [-0.15, -0.1) is 0 Å². The van der Waals surface area contributed by atoms with E-state index in [-0.39, 0.29) is 19.4 Å². The first kappa shape index (κ1) is 24.9. The second kappa shape index (κ2) is 10.1. The number of aromatic nitrogens is 2. The molecule has 0 unspecified atom stereocenters. The van der Waals surface area contributed by atoms with E-state index in [9.17, 15) is 9.90 Å². The number of fused-ring (bicyclic) bond motifs is 3. The molecule has 2 aliphatic heterocycles. The van der Waals surface area contributed by atoms with E-state index in [1.807, 2.05) is 0 Å². The maximum Gasteiger partial charge on any atom is 0.327 e. The highest BCUT2D eigenvalue weighted by Gasteiger charge is 2.50. The first-order valence-corrected chi connectivity index (χ1v) is 13.1. The number of carbonyl (C=O) groups is 1. The molecular weight excluding hydrogens is 494 g/mol. The average molecular weight is 525 g/mol. The molecule has 0 radical (unpaired) electrons. The van der Waals surface area contributed by atoms with Crippen molar-refractivity contribution in [3.05, 3.63) is 59.4 Å². The van der Waals surface area contributed by atoms with E-state index in [4.69, 9.17) is 9.47 Å². The maximum absolute atomic E-state index is 15.6. The predicted octanol–water partition coefficient (Wildman–Crippen LogP) is 3.07. The molecule has 0 spiro atoms. The monoisotopic (exact) mass is 524 g/mol. The zero-order chi connectivity index (χ0) is 26.3. The second-order valence-corrected chi connectivity index (χ2v) is 10.3. The van der Waals surface area contributed by atoms with Crippen LogP contribution in [0.1, 0.15) is 35.6 Å². The minimum Gasteiger partial charge on any atom is -0.486 e. The number of halogens is 2. The van der Waals surface area contributed by atoms with Crippen LogP contribution in [0, 0.1) is 5.92 Å². The molecule has 8 nitrogen and oxygen atoms in total. The van der Waals surface area contributed by atoms with Crippen molar-refractivity contribution in [2.45, 2.75) is 43.8 Å². The van der Waals surface area contributed by atoms with Crippen LogP contribution >= 0.6 is 0 Å². The summed E-state index contributed by atoms with van der Waals surface area (Å²) in [7, 11) is 0. The van der Waals surface area contributed by atoms with E-state index in [0.717, 1.165) is 37.1 Å². The normalized spacial score (nSPS) is 19.3. The van der Waals surface area contributed by atoms with Gasteiger partial charge in [0.25, 0.3) is 5.91 Å². The lowest BCUT2D eigenvalue weighted by atomic mass is 9.95. The lowest BCUT2D eigenvalue weighted by Gasteiger charge is -2.31. The highest BCUT2D eigenvalue weighted by atomic mass is 19.3. The third kappa shape index (κ3) is 4.78. The number of rotatable bonds is 7. The molecule has 1 fully saturated rings. The standard InChI is InChI=1S/C28H30F2N4O4/c29-28(30,20-11-18-13-21-22(14-19(18)12-20)32-6-5-31-21)27(36)33-23(16-34-7-1-2-8-34)26(35)17-3-4-24-25(15-17)38-10-9-37-24/h3-6,13-15,20,23,26,35H,1-2,7-12,16H2,(H,33,36)/t23-,26-/m1/s1. The lowest BCUT2D eigenvalue weighted by molar-refractivity contribution is -0.155. The van der Waals surface area contributed by atoms with Gasteiger partial charge in [0.05, 0.1) is 17.1 Å². The van der Waals surface area contributed by atoms with Gasteiger partial charge in [0.15, 0.2) is 11.5 Å². The second-order valence-electron chi connectivity index (χ2n) is 10.3. The SMILES string of the molecule is O=C(N[C@H](CN1CCCC1)[C@H](O)c1ccc2c(c1)OCCO2)C(F)(F)C1Cc2cc3nccnc3cc2C1. The third-order valence-electron chi connectivity index (χ3n) is 7.80. The number of amides is 1. The van der Waals surface area contributed by atoms with Gasteiger partial charge in [0, 0.05) is 24.9 Å². The number of aliphatic hydroxyl groups is 1. The van der Waals surface area contributed by atoms with Crippen LogP contribution in [0.4, 0.5) is 8.78 Å². The summed E-state index contributed by atoms with van der Waals surface area (Å²) in [6.45, 7) is 2.68. The highest BCUT2D eigenvalue weighted by molar-refractivity contribution is 5.84. The Balaban J connectivity index is 1.21. The van der Waals surface area contributed by atoms with Gasteiger partial charge in [-0.05, 0) is 79.7 Å². The molecule has 2 aromatic carbocycles. The molecular formula is C28H30F2N4O4. The van der Waals surface area contributed by atoms with Crippen LogP contribution in [0.5, 0.6) is 11.5 Å². The summed E-state index contributed by atoms with van der Waals surface area (Å²) in [5, 5.41) is 13.8. The van der Waals surface area contributed by atoms with E-state index >= 15 is 8.78 Å². The Labute approximate surface area is 219 Å². The van der Waals surface area contributed by atoms with Crippen LogP contribution in [0.25, 0.3) is 11.0 Å². The largest absolute Gasteiger partial charge is 0.486 e. The van der Waals surface area contributed by atoms with Gasteiger partial charge in [0.1, 0.15) is 19.3 Å². The van der Waals surface area contributed by atoms with Crippen LogP contribution in [-0.4, -0.2) is 70.7 Å². The van der Waals surface area contributed by atoms with Crippen LogP contribution in [0.3, 0.4) is 0 Å². The smallest absolute Gasteiger partial charge is 0.327 e. The van der Waals surface area contributed by atoms with Crippen molar-refractivity contribution in [1.82, 2.24) is 20.2 Å². The quantitative estimate of drug-likeness (QED) is 0.491. The lowest BCUT2D eigenvalue weighted by Crippen LogP contribution is -2.54. The van der Waals surface area contributed by atoms with Crippen LogP contribution in [-0.2, 0) is 17.6 Å². The molecule has 3 heterocycles. The minimum atomic E-state index is -3.62. The molecule has 10 heteroatoms. The fourth-order valence-electron chi connectivity index (χ4n) is 5.73. The molecule has 0 bridgehead atoms. The van der Waals surface area contributed by atoms with E-state index in [2.05, 4.69) is 20.2 Å². The van der Waals surface area contributed by atoms with Crippen molar-refractivity contribution in [3.63, 3.8) is 0 Å². The summed E-state index contributed by atoms with van der Waals surface area (Å²) >= 11 is 0. The van der Waals surface area contributed by atoms with Crippen molar-refractivity contribution < 1.29 is 28.2 Å². The molecule has 0 saturated carbocycles. The number of carbonyl (C=O) groups excluding carboxylic acids is 1. The Kier molecular flexibility index (Phi) is 6.61. The summed E-state index contributed by atoms with van der Waals surface area (Å²) in [5.41, 5.74) is 3.30. The molecule has 2 N–H and O–H groups in total. The Morgan fingerprint density at radius 2 is 1.66 bits per heavy atom. The number of likely N-dealkylation sites (tertiary alicyclic amines) is 1. The highest BCUT2D eigenvalue weighted by Crippen LogP contribution is 2.39. The average Bonchev–Trinajstić information content (AvgIpc) is 3.60. The number of benzene rings is 2. The number of hydrogen-bond donors (Lipinski definition) is 2. The molecule has 38 heavy (non-hydrogen) atoms. The van der Waals surface area contributed by atoms with Crippen molar-refractivity contribution >= 4 is 16.9 Å². The van der Waals surface area contributed by atoms with Crippen molar-refractivity contribution in [2.24, 2.45) is 5.92 Å². The zero-order valence-electron chi connectivity index (χ0n) is 20.9. The van der Waals surface area contributed by atoms with E-state index < -0.39 is 29.9 Å². The Hall–Kier alpha value is -3.37. The molecule has 2 atom stereocenters. The number of aliphatic hydroxyl groups excluding tert-OH is 1. The molecule has 3 aromatic rings. The Morgan fingerprint density at radius 3 is 2.32 bits per heavy atom. The van der Waals surface area contributed by atoms with Gasteiger partial charge < -0.3 is 24.8 Å². The van der Waals surface area contributed by atoms with E-state index in [1.165, 1.54) is 0 Å². The number of ether oxygens (including phenoxy) is 2. The van der Waals surface area contributed by atoms with E-state index in [0.29, 0.717) is 41.3 Å². The Bertz CT molecular complexity index is 1300. The molecule has 1 aromatic heterocycles. The summed E-state index contributed by atoms with van der Waals surface area (Å²) < 4.78 is 42.4. The fraction of sp³-hybridized carbons (Fsp3) is 0.464. The zero-order valence-corrected chi connectivity index (χ0v) is 20.9. The molecule has 1 saturated heterocycles. The summed E-state index contributed by atoms with van der Waals surface area (Å²) in [6.07, 6.45) is 4.07. The number of nitrogens with zero attached hydrogens (tertiary/aromatic N) is 3. The van der Waals surface area contributed by atoms with Gasteiger partial charge in [-0.25, -0.2) is 0 Å². The fourth-order valence-corrected chi connectivity index (χ4v) is 5.73. The summed E-state index contributed by atoms with van der Waals surface area (Å²) in [4.78, 5) is 23.7.